The molecule has 24 heavy (non-hydrogen) atoms. The topological polar surface area (TPSA) is 59.1 Å². The van der Waals surface area contributed by atoms with Crippen LogP contribution < -0.4 is 15.4 Å². The molecule has 0 aliphatic rings. The minimum atomic E-state index is 0.462. The average Bonchev–Trinajstić information content (AvgIpc) is 3.15. The molecular formula is C17H16N4OS2. The summed E-state index contributed by atoms with van der Waals surface area (Å²) in [5.41, 5.74) is 1.90. The van der Waals surface area contributed by atoms with Crippen molar-refractivity contribution in [2.24, 2.45) is 0 Å². The third-order valence-corrected chi connectivity index (χ3v) is 4.43. The molecule has 0 bridgehead atoms. The first-order chi connectivity index (χ1) is 11.8. The highest BCUT2D eigenvalue weighted by Gasteiger charge is 2.06. The molecule has 0 saturated carbocycles. The Hall–Kier alpha value is -2.51. The van der Waals surface area contributed by atoms with Crippen LogP contribution in [0.2, 0.25) is 0 Å². The number of benzene rings is 1. The van der Waals surface area contributed by atoms with Crippen LogP contribution in [0.15, 0.2) is 54.0 Å². The first-order valence-corrected chi connectivity index (χ1v) is 8.59. The van der Waals surface area contributed by atoms with E-state index in [0.717, 1.165) is 21.9 Å². The summed E-state index contributed by atoms with van der Waals surface area (Å²) < 4.78 is 5.33. The van der Waals surface area contributed by atoms with Crippen molar-refractivity contribution in [2.45, 2.75) is 6.54 Å². The number of rotatable bonds is 5. The van der Waals surface area contributed by atoms with Gasteiger partial charge >= 0.3 is 0 Å². The maximum Gasteiger partial charge on any atom is 0.229 e. The van der Waals surface area contributed by atoms with Gasteiger partial charge in [0.1, 0.15) is 5.75 Å². The maximum absolute atomic E-state index is 5.33. The summed E-state index contributed by atoms with van der Waals surface area (Å²) in [6.45, 7) is 0.556. The largest absolute Gasteiger partial charge is 0.496 e. The van der Waals surface area contributed by atoms with Gasteiger partial charge in [0.15, 0.2) is 5.11 Å². The number of aromatic nitrogens is 2. The molecule has 0 unspecified atom stereocenters. The number of thiophene rings is 1. The highest BCUT2D eigenvalue weighted by atomic mass is 32.1. The van der Waals surface area contributed by atoms with Crippen LogP contribution >= 0.6 is 23.6 Å². The number of methoxy groups -OCH3 is 1. The predicted octanol–water partition coefficient (Wildman–Crippen LogP) is 3.70. The summed E-state index contributed by atoms with van der Waals surface area (Å²) in [6, 6.07) is 13.7. The molecule has 0 aliphatic heterocycles. The Labute approximate surface area is 149 Å². The fraction of sp³-hybridized carbons (Fsp3) is 0.118. The van der Waals surface area contributed by atoms with E-state index in [4.69, 9.17) is 17.0 Å². The molecule has 122 valence electrons. The highest BCUT2D eigenvalue weighted by Crippen LogP contribution is 2.22. The molecule has 3 rings (SSSR count). The number of nitrogens with one attached hydrogen (secondary N) is 2. The molecule has 0 atom stereocenters. The van der Waals surface area contributed by atoms with Gasteiger partial charge in [-0.1, -0.05) is 24.3 Å². The van der Waals surface area contributed by atoms with E-state index in [9.17, 15) is 0 Å². The maximum atomic E-state index is 5.33. The number of para-hydroxylation sites is 1. The van der Waals surface area contributed by atoms with Gasteiger partial charge in [-0.15, -0.1) is 11.3 Å². The molecule has 0 saturated heterocycles. The Balaban J connectivity index is 1.62. The molecule has 5 nitrogen and oxygen atoms in total. The molecule has 1 aromatic carbocycles. The first-order valence-electron chi connectivity index (χ1n) is 7.30. The normalized spacial score (nSPS) is 10.2. The van der Waals surface area contributed by atoms with E-state index in [1.165, 1.54) is 0 Å². The molecular weight excluding hydrogens is 340 g/mol. The molecule has 3 aromatic rings. The molecule has 0 radical (unpaired) electrons. The second-order valence-electron chi connectivity index (χ2n) is 4.86. The zero-order valence-corrected chi connectivity index (χ0v) is 14.7. The Morgan fingerprint density at radius 2 is 2.08 bits per heavy atom. The number of anilines is 1. The predicted molar refractivity (Wildman–Crippen MR) is 101 cm³/mol. The Morgan fingerprint density at radius 3 is 2.88 bits per heavy atom. The third-order valence-electron chi connectivity index (χ3n) is 3.29. The van der Waals surface area contributed by atoms with Crippen molar-refractivity contribution in [3.63, 3.8) is 0 Å². The van der Waals surface area contributed by atoms with Gasteiger partial charge < -0.3 is 15.4 Å². The van der Waals surface area contributed by atoms with E-state index < -0.39 is 0 Å². The molecule has 0 fully saturated rings. The van der Waals surface area contributed by atoms with Crippen LogP contribution in [0.4, 0.5) is 5.95 Å². The fourth-order valence-corrected chi connectivity index (χ4v) is 3.01. The molecule has 2 N–H and O–H groups in total. The van der Waals surface area contributed by atoms with Crippen molar-refractivity contribution in [2.75, 3.05) is 12.4 Å². The number of thiocarbonyl (C=S) groups is 1. The van der Waals surface area contributed by atoms with Crippen molar-refractivity contribution >= 4 is 34.6 Å². The number of hydrogen-bond acceptors (Lipinski definition) is 5. The van der Waals surface area contributed by atoms with Crippen molar-refractivity contribution in [3.05, 3.63) is 59.6 Å². The summed E-state index contributed by atoms with van der Waals surface area (Å²) in [4.78, 5) is 9.78. The second-order valence-corrected chi connectivity index (χ2v) is 6.22. The van der Waals surface area contributed by atoms with Crippen molar-refractivity contribution in [3.8, 4) is 16.3 Å². The van der Waals surface area contributed by atoms with Crippen LogP contribution in [0.1, 0.15) is 5.56 Å². The highest BCUT2D eigenvalue weighted by molar-refractivity contribution is 7.80. The summed E-state index contributed by atoms with van der Waals surface area (Å²) >= 11 is 6.95. The van der Waals surface area contributed by atoms with Crippen LogP contribution in [0, 0.1) is 0 Å². The van der Waals surface area contributed by atoms with E-state index in [1.807, 2.05) is 47.8 Å². The SMILES string of the molecule is COc1ccccc1CNC(=S)Nc1nccc(-c2cccs2)n1. The van der Waals surface area contributed by atoms with Gasteiger partial charge in [0, 0.05) is 18.3 Å². The molecule has 2 heterocycles. The van der Waals surface area contributed by atoms with Gasteiger partial charge in [0.2, 0.25) is 5.95 Å². The third kappa shape index (κ3) is 4.06. The van der Waals surface area contributed by atoms with E-state index in [-0.39, 0.29) is 0 Å². The minimum Gasteiger partial charge on any atom is -0.496 e. The molecule has 0 spiro atoms. The van der Waals surface area contributed by atoms with E-state index in [0.29, 0.717) is 17.6 Å². The van der Waals surface area contributed by atoms with Crippen molar-refractivity contribution in [1.82, 2.24) is 15.3 Å². The van der Waals surface area contributed by atoms with Crippen molar-refractivity contribution < 1.29 is 4.74 Å². The Morgan fingerprint density at radius 1 is 1.21 bits per heavy atom. The van der Waals surface area contributed by atoms with E-state index in [2.05, 4.69) is 20.6 Å². The zero-order chi connectivity index (χ0) is 16.8. The number of hydrogen-bond donors (Lipinski definition) is 2. The lowest BCUT2D eigenvalue weighted by atomic mass is 10.2. The average molecular weight is 356 g/mol. The number of nitrogens with zero attached hydrogens (tertiary/aromatic N) is 2. The van der Waals surface area contributed by atoms with Gasteiger partial charge in [0.05, 0.1) is 17.7 Å². The van der Waals surface area contributed by atoms with E-state index in [1.54, 1.807) is 24.6 Å². The van der Waals surface area contributed by atoms with Crippen LogP contribution in [0.5, 0.6) is 5.75 Å². The van der Waals surface area contributed by atoms with Crippen LogP contribution in [0.3, 0.4) is 0 Å². The minimum absolute atomic E-state index is 0.462. The summed E-state index contributed by atoms with van der Waals surface area (Å²) in [6.07, 6.45) is 1.72. The van der Waals surface area contributed by atoms with Crippen LogP contribution in [0.25, 0.3) is 10.6 Å². The number of ether oxygens (including phenoxy) is 1. The summed E-state index contributed by atoms with van der Waals surface area (Å²) in [5.74, 6) is 1.29. The lowest BCUT2D eigenvalue weighted by Gasteiger charge is -2.12. The Bertz CT molecular complexity index is 821. The van der Waals surface area contributed by atoms with Gasteiger partial charge in [-0.2, -0.15) is 0 Å². The molecule has 0 amide bonds. The standard InChI is InChI=1S/C17H16N4OS2/c1-22-14-6-3-2-5-12(14)11-19-17(23)21-16-18-9-8-13(20-16)15-7-4-10-24-15/h2-10H,11H2,1H3,(H2,18,19,20,21,23). The van der Waals surface area contributed by atoms with Crippen LogP contribution in [-0.4, -0.2) is 22.2 Å². The van der Waals surface area contributed by atoms with Gasteiger partial charge in [-0.25, -0.2) is 9.97 Å². The van der Waals surface area contributed by atoms with Gasteiger partial charge in [-0.3, -0.25) is 0 Å². The lowest BCUT2D eigenvalue weighted by molar-refractivity contribution is 0.409. The molecule has 0 aliphatic carbocycles. The molecule has 2 aromatic heterocycles. The monoisotopic (exact) mass is 356 g/mol. The Kier molecular flexibility index (Phi) is 5.35. The smallest absolute Gasteiger partial charge is 0.229 e. The fourth-order valence-electron chi connectivity index (χ4n) is 2.15. The summed E-state index contributed by atoms with van der Waals surface area (Å²) in [7, 11) is 1.65. The van der Waals surface area contributed by atoms with Crippen molar-refractivity contribution in [1.29, 1.82) is 0 Å². The van der Waals surface area contributed by atoms with E-state index >= 15 is 0 Å². The first kappa shape index (κ1) is 16.4. The molecule has 7 heteroatoms. The zero-order valence-electron chi connectivity index (χ0n) is 13.0. The van der Waals surface area contributed by atoms with Gasteiger partial charge in [0.25, 0.3) is 0 Å². The quantitative estimate of drug-likeness (QED) is 0.680. The van der Waals surface area contributed by atoms with Crippen LogP contribution in [-0.2, 0) is 6.54 Å². The summed E-state index contributed by atoms with van der Waals surface area (Å²) in [5, 5.41) is 8.63. The van der Waals surface area contributed by atoms with Gasteiger partial charge in [-0.05, 0) is 35.8 Å². The lowest BCUT2D eigenvalue weighted by Crippen LogP contribution is -2.28. The second kappa shape index (κ2) is 7.85.